The topological polar surface area (TPSA) is 52.6 Å². The Morgan fingerprint density at radius 1 is 0.931 bits per heavy atom. The number of para-hydroxylation sites is 1. The fourth-order valence-corrected chi connectivity index (χ4v) is 8.67. The third-order valence-corrected chi connectivity index (χ3v) is 9.05. The van der Waals surface area contributed by atoms with Gasteiger partial charge in [-0.25, -0.2) is 4.79 Å². The summed E-state index contributed by atoms with van der Waals surface area (Å²) in [7, 11) is 0. The molecule has 0 spiro atoms. The van der Waals surface area contributed by atoms with Crippen molar-refractivity contribution < 1.29 is 9.90 Å². The SMILES string of the molecule is O=C(O)c1ccccc1N[C@@H]1C[C@H]2CCC[C@@H](C1)N2C12CC3CC(CC(C3)C1)C2. The first-order valence-corrected chi connectivity index (χ1v) is 12.0. The molecule has 4 aliphatic carbocycles. The molecule has 6 bridgehead atoms. The van der Waals surface area contributed by atoms with E-state index in [2.05, 4.69) is 10.2 Å². The van der Waals surface area contributed by atoms with Crippen LogP contribution in [0.4, 0.5) is 5.69 Å². The number of hydrogen-bond acceptors (Lipinski definition) is 3. The van der Waals surface area contributed by atoms with Gasteiger partial charge in [0.1, 0.15) is 0 Å². The second kappa shape index (κ2) is 6.73. The minimum atomic E-state index is -0.834. The van der Waals surface area contributed by atoms with E-state index >= 15 is 0 Å². The fraction of sp³-hybridized carbons (Fsp3) is 0.720. The summed E-state index contributed by atoms with van der Waals surface area (Å²) in [5.74, 6) is 2.17. The van der Waals surface area contributed by atoms with E-state index in [1.165, 1.54) is 70.6 Å². The number of carboxylic acid groups (broad SMARTS) is 1. The number of nitrogens with one attached hydrogen (secondary N) is 1. The summed E-state index contributed by atoms with van der Waals surface area (Å²) in [6, 6.07) is 9.19. The van der Waals surface area contributed by atoms with Gasteiger partial charge >= 0.3 is 5.97 Å². The third kappa shape index (κ3) is 3.01. The van der Waals surface area contributed by atoms with Crippen molar-refractivity contribution >= 4 is 11.7 Å². The summed E-state index contributed by atoms with van der Waals surface area (Å²) >= 11 is 0. The minimum absolute atomic E-state index is 0.399. The monoisotopic (exact) mass is 394 g/mol. The molecule has 2 N–H and O–H groups in total. The molecule has 0 amide bonds. The van der Waals surface area contributed by atoms with Crippen LogP contribution >= 0.6 is 0 Å². The van der Waals surface area contributed by atoms with Gasteiger partial charge in [0.05, 0.1) is 5.56 Å². The lowest BCUT2D eigenvalue weighted by Gasteiger charge is -2.66. The number of nitrogens with zero attached hydrogens (tertiary/aromatic N) is 1. The molecule has 29 heavy (non-hydrogen) atoms. The first-order chi connectivity index (χ1) is 14.1. The van der Waals surface area contributed by atoms with E-state index in [1.54, 1.807) is 6.07 Å². The van der Waals surface area contributed by atoms with Gasteiger partial charge < -0.3 is 10.4 Å². The Kier molecular flexibility index (Phi) is 4.23. The number of benzene rings is 1. The maximum Gasteiger partial charge on any atom is 0.337 e. The Morgan fingerprint density at radius 2 is 1.52 bits per heavy atom. The number of piperidine rings is 2. The van der Waals surface area contributed by atoms with Crippen molar-refractivity contribution in [3.63, 3.8) is 0 Å². The summed E-state index contributed by atoms with van der Waals surface area (Å²) in [6.45, 7) is 0. The van der Waals surface area contributed by atoms with Gasteiger partial charge in [0.15, 0.2) is 0 Å². The number of carboxylic acids is 1. The highest BCUT2D eigenvalue weighted by atomic mass is 16.4. The zero-order valence-electron chi connectivity index (χ0n) is 17.4. The van der Waals surface area contributed by atoms with Crippen LogP contribution in [0.5, 0.6) is 0 Å². The molecular formula is C25H34N2O2. The normalized spacial score (nSPS) is 43.3. The van der Waals surface area contributed by atoms with Gasteiger partial charge in [0.25, 0.3) is 0 Å². The van der Waals surface area contributed by atoms with Crippen LogP contribution in [0.25, 0.3) is 0 Å². The molecule has 2 aliphatic heterocycles. The second-order valence-electron chi connectivity index (χ2n) is 11.0. The lowest BCUT2D eigenvalue weighted by molar-refractivity contribution is -0.146. The lowest BCUT2D eigenvalue weighted by Crippen LogP contribution is -2.68. The highest BCUT2D eigenvalue weighted by Gasteiger charge is 2.57. The Morgan fingerprint density at radius 3 is 2.10 bits per heavy atom. The van der Waals surface area contributed by atoms with Crippen molar-refractivity contribution in [3.8, 4) is 0 Å². The van der Waals surface area contributed by atoms with E-state index in [0.717, 1.165) is 23.4 Å². The van der Waals surface area contributed by atoms with Gasteiger partial charge in [-0.15, -0.1) is 0 Å². The van der Waals surface area contributed by atoms with E-state index in [0.29, 0.717) is 29.2 Å². The lowest BCUT2D eigenvalue weighted by atomic mass is 9.51. The molecule has 2 heterocycles. The van der Waals surface area contributed by atoms with Crippen molar-refractivity contribution in [2.45, 2.75) is 94.3 Å². The maximum absolute atomic E-state index is 11.6. The van der Waals surface area contributed by atoms with Gasteiger partial charge in [-0.3, -0.25) is 4.90 Å². The first-order valence-electron chi connectivity index (χ1n) is 12.0. The van der Waals surface area contributed by atoms with Crippen LogP contribution < -0.4 is 5.32 Å². The molecule has 2 saturated heterocycles. The van der Waals surface area contributed by atoms with Crippen LogP contribution in [-0.4, -0.2) is 39.6 Å². The van der Waals surface area contributed by atoms with Crippen molar-refractivity contribution in [1.29, 1.82) is 0 Å². The number of fused-ring (bicyclic) bond motifs is 2. The zero-order chi connectivity index (χ0) is 19.6. The molecule has 7 rings (SSSR count). The van der Waals surface area contributed by atoms with Crippen molar-refractivity contribution in [2.24, 2.45) is 17.8 Å². The molecule has 0 aromatic heterocycles. The summed E-state index contributed by atoms with van der Waals surface area (Å²) < 4.78 is 0. The highest BCUT2D eigenvalue weighted by molar-refractivity contribution is 5.94. The van der Waals surface area contributed by atoms with E-state index in [-0.39, 0.29) is 0 Å². The van der Waals surface area contributed by atoms with E-state index < -0.39 is 5.97 Å². The fourth-order valence-electron chi connectivity index (χ4n) is 8.67. The molecule has 0 radical (unpaired) electrons. The van der Waals surface area contributed by atoms with Crippen LogP contribution in [0.3, 0.4) is 0 Å². The number of anilines is 1. The van der Waals surface area contributed by atoms with Gasteiger partial charge in [0, 0.05) is 29.4 Å². The quantitative estimate of drug-likeness (QED) is 0.741. The molecule has 3 atom stereocenters. The smallest absolute Gasteiger partial charge is 0.337 e. The average molecular weight is 395 g/mol. The molecule has 4 heteroatoms. The van der Waals surface area contributed by atoms with E-state index in [1.807, 2.05) is 18.2 Å². The Bertz CT molecular complexity index is 756. The summed E-state index contributed by atoms with van der Waals surface area (Å²) in [4.78, 5) is 14.7. The largest absolute Gasteiger partial charge is 0.478 e. The van der Waals surface area contributed by atoms with Crippen LogP contribution in [0.2, 0.25) is 0 Å². The summed E-state index contributed by atoms with van der Waals surface area (Å²) in [5.41, 5.74) is 1.71. The van der Waals surface area contributed by atoms with Gasteiger partial charge in [-0.2, -0.15) is 0 Å². The molecule has 4 saturated carbocycles. The molecule has 1 aromatic rings. The van der Waals surface area contributed by atoms with Crippen LogP contribution in [0.1, 0.15) is 81.0 Å². The molecule has 4 nitrogen and oxygen atoms in total. The number of hydrogen-bond donors (Lipinski definition) is 2. The van der Waals surface area contributed by atoms with Crippen LogP contribution in [0, 0.1) is 17.8 Å². The predicted octanol–water partition coefficient (Wildman–Crippen LogP) is 5.15. The Labute approximate surface area is 174 Å². The highest BCUT2D eigenvalue weighted by Crippen LogP contribution is 2.60. The zero-order valence-corrected chi connectivity index (χ0v) is 17.4. The molecule has 0 unspecified atom stereocenters. The van der Waals surface area contributed by atoms with Crippen molar-refractivity contribution in [1.82, 2.24) is 4.90 Å². The Balaban J connectivity index is 1.24. The molecule has 6 fully saturated rings. The van der Waals surface area contributed by atoms with Gasteiger partial charge in [-0.1, -0.05) is 18.6 Å². The number of aromatic carboxylic acids is 1. The van der Waals surface area contributed by atoms with Crippen LogP contribution in [0.15, 0.2) is 24.3 Å². The van der Waals surface area contributed by atoms with E-state index in [9.17, 15) is 9.90 Å². The standard InChI is InChI=1S/C25H34N2O2/c28-24(29)22-6-1-2-7-23(22)26-19-11-20-4-3-5-21(12-19)27(20)25-13-16-8-17(14-25)10-18(9-16)15-25/h1-2,6-7,16-21,26H,3-5,8-15H2,(H,28,29)/t16?,17?,18?,19-,20-,21+,25?. The van der Waals surface area contributed by atoms with E-state index in [4.69, 9.17) is 0 Å². The number of carbonyl (C=O) groups is 1. The maximum atomic E-state index is 11.6. The van der Waals surface area contributed by atoms with Gasteiger partial charge in [-0.05, 0) is 94.1 Å². The minimum Gasteiger partial charge on any atom is -0.478 e. The first kappa shape index (κ1) is 18.2. The summed E-state index contributed by atoms with van der Waals surface area (Å²) in [6.07, 6.45) is 15.3. The van der Waals surface area contributed by atoms with Crippen LogP contribution in [-0.2, 0) is 0 Å². The third-order valence-electron chi connectivity index (χ3n) is 9.05. The predicted molar refractivity (Wildman–Crippen MR) is 114 cm³/mol. The average Bonchev–Trinajstić information content (AvgIpc) is 2.66. The molecule has 1 aromatic carbocycles. The van der Waals surface area contributed by atoms with Crippen molar-refractivity contribution in [2.75, 3.05) is 5.32 Å². The second-order valence-corrected chi connectivity index (χ2v) is 11.0. The summed E-state index contributed by atoms with van der Waals surface area (Å²) in [5, 5.41) is 13.2. The Hall–Kier alpha value is -1.55. The van der Waals surface area contributed by atoms with Gasteiger partial charge in [0.2, 0.25) is 0 Å². The number of rotatable bonds is 4. The van der Waals surface area contributed by atoms with Crippen molar-refractivity contribution in [3.05, 3.63) is 29.8 Å². The molecule has 156 valence electrons. The molecule has 6 aliphatic rings. The molecular weight excluding hydrogens is 360 g/mol.